The first-order valence-electron chi connectivity index (χ1n) is 14.5. The first-order valence-corrected chi connectivity index (χ1v) is 14.5. The Hall–Kier alpha value is -4.27. The number of halogens is 1. The SMILES string of the molecule is CCOc1ncccc1-c1ccc(N2CCN(C(=O)c3c(-c4ccccc4)ccc(CN)c3F)C[C@H]2CC)c(CN)c1. The zero-order chi connectivity index (χ0) is 29.6. The molecule has 8 heteroatoms. The number of carbonyl (C=O) groups excluding carboxylic acids is 1. The standard InChI is InChI=1S/C34H38FN5O2/c1-3-27-22-39(34(41)31-28(23-9-6-5-7-10-23)14-12-25(20-36)32(31)35)17-18-40(27)30-15-13-24(19-26(30)21-37)29-11-8-16-38-33(29)42-4-2/h5-16,19,27H,3-4,17-18,20-22,36-37H2,1-2H3/t27-/m1/s1. The van der Waals surface area contributed by atoms with Gasteiger partial charge in [0.05, 0.1) is 12.2 Å². The fraction of sp³-hybridized carbons (Fsp3) is 0.294. The number of nitrogens with zero attached hydrogens (tertiary/aromatic N) is 3. The molecular weight excluding hydrogens is 529 g/mol. The van der Waals surface area contributed by atoms with E-state index in [1.807, 2.05) is 49.4 Å². The number of hydrogen-bond donors (Lipinski definition) is 2. The predicted molar refractivity (Wildman–Crippen MR) is 166 cm³/mol. The van der Waals surface area contributed by atoms with Crippen LogP contribution in [0.3, 0.4) is 0 Å². The van der Waals surface area contributed by atoms with E-state index in [2.05, 4.69) is 35.0 Å². The number of ether oxygens (including phenoxy) is 1. The Morgan fingerprint density at radius 2 is 1.71 bits per heavy atom. The van der Waals surface area contributed by atoms with Crippen LogP contribution in [-0.2, 0) is 13.1 Å². The van der Waals surface area contributed by atoms with Gasteiger partial charge in [-0.25, -0.2) is 9.37 Å². The van der Waals surface area contributed by atoms with Crippen LogP contribution in [0.15, 0.2) is 79.0 Å². The molecule has 1 saturated heterocycles. The van der Waals surface area contributed by atoms with Gasteiger partial charge in [0.1, 0.15) is 5.82 Å². The topological polar surface area (TPSA) is 97.7 Å². The molecule has 4 aromatic rings. The molecule has 0 bridgehead atoms. The van der Waals surface area contributed by atoms with Crippen LogP contribution in [0.1, 0.15) is 41.8 Å². The van der Waals surface area contributed by atoms with Gasteiger partial charge in [0, 0.05) is 61.8 Å². The summed E-state index contributed by atoms with van der Waals surface area (Å²) in [5, 5.41) is 0. The number of pyridine rings is 1. The Balaban J connectivity index is 1.43. The van der Waals surface area contributed by atoms with Crippen LogP contribution in [0, 0.1) is 5.82 Å². The van der Waals surface area contributed by atoms with E-state index in [1.54, 1.807) is 23.2 Å². The molecule has 2 heterocycles. The zero-order valence-electron chi connectivity index (χ0n) is 24.2. The van der Waals surface area contributed by atoms with Crippen LogP contribution in [-0.4, -0.2) is 48.1 Å². The molecule has 0 unspecified atom stereocenters. The highest BCUT2D eigenvalue weighted by molar-refractivity contribution is 6.01. The Kier molecular flexibility index (Phi) is 9.15. The van der Waals surface area contributed by atoms with Crippen LogP contribution in [0.5, 0.6) is 5.88 Å². The third-order valence-corrected chi connectivity index (χ3v) is 7.95. The molecule has 0 spiro atoms. The van der Waals surface area contributed by atoms with Gasteiger partial charge < -0.3 is 26.0 Å². The van der Waals surface area contributed by atoms with E-state index in [1.165, 1.54) is 0 Å². The van der Waals surface area contributed by atoms with Crippen molar-refractivity contribution in [3.63, 3.8) is 0 Å². The normalized spacial score (nSPS) is 15.1. The van der Waals surface area contributed by atoms with Gasteiger partial charge in [-0.3, -0.25) is 4.79 Å². The number of rotatable bonds is 9. The third-order valence-electron chi connectivity index (χ3n) is 7.95. The van der Waals surface area contributed by atoms with E-state index >= 15 is 4.39 Å². The summed E-state index contributed by atoms with van der Waals surface area (Å²) in [6.45, 7) is 6.49. The summed E-state index contributed by atoms with van der Waals surface area (Å²) in [4.78, 5) is 22.5. The smallest absolute Gasteiger partial charge is 0.257 e. The second kappa shape index (κ2) is 13.1. The monoisotopic (exact) mass is 567 g/mol. The Morgan fingerprint density at radius 1 is 0.929 bits per heavy atom. The molecule has 0 saturated carbocycles. The van der Waals surface area contributed by atoms with Crippen LogP contribution in [0.25, 0.3) is 22.3 Å². The molecule has 42 heavy (non-hydrogen) atoms. The van der Waals surface area contributed by atoms with Gasteiger partial charge >= 0.3 is 0 Å². The van der Waals surface area contributed by atoms with Crippen molar-refractivity contribution in [2.75, 3.05) is 31.1 Å². The minimum absolute atomic E-state index is 0.0233. The van der Waals surface area contributed by atoms with E-state index in [0.29, 0.717) is 49.8 Å². The van der Waals surface area contributed by atoms with E-state index < -0.39 is 5.82 Å². The molecule has 1 aromatic heterocycles. The molecule has 7 nitrogen and oxygen atoms in total. The van der Waals surface area contributed by atoms with Crippen molar-refractivity contribution in [1.29, 1.82) is 0 Å². The first kappa shape index (κ1) is 29.2. The van der Waals surface area contributed by atoms with Gasteiger partial charge in [0.15, 0.2) is 0 Å². The fourth-order valence-electron chi connectivity index (χ4n) is 5.77. The highest BCUT2D eigenvalue weighted by atomic mass is 19.1. The molecule has 1 amide bonds. The maximum Gasteiger partial charge on any atom is 0.257 e. The number of benzene rings is 3. The quantitative estimate of drug-likeness (QED) is 0.273. The number of aromatic nitrogens is 1. The van der Waals surface area contributed by atoms with E-state index in [4.69, 9.17) is 16.2 Å². The number of nitrogens with two attached hydrogens (primary N) is 2. The molecule has 1 atom stereocenters. The fourth-order valence-corrected chi connectivity index (χ4v) is 5.77. The van der Waals surface area contributed by atoms with Gasteiger partial charge in [0.2, 0.25) is 5.88 Å². The van der Waals surface area contributed by atoms with Crippen LogP contribution < -0.4 is 21.1 Å². The number of carbonyl (C=O) groups is 1. The Bertz CT molecular complexity index is 1540. The van der Waals surface area contributed by atoms with Crippen molar-refractivity contribution >= 4 is 11.6 Å². The molecule has 5 rings (SSSR count). The molecule has 4 N–H and O–H groups in total. The molecule has 218 valence electrons. The summed E-state index contributed by atoms with van der Waals surface area (Å²) in [6, 6.07) is 23.1. The molecule has 0 radical (unpaired) electrons. The Labute approximate surface area is 246 Å². The van der Waals surface area contributed by atoms with Crippen molar-refractivity contribution in [2.24, 2.45) is 11.5 Å². The third kappa shape index (κ3) is 5.73. The van der Waals surface area contributed by atoms with Crippen molar-refractivity contribution in [3.8, 4) is 28.1 Å². The lowest BCUT2D eigenvalue weighted by molar-refractivity contribution is 0.0716. The second-order valence-electron chi connectivity index (χ2n) is 10.4. The largest absolute Gasteiger partial charge is 0.478 e. The minimum atomic E-state index is -0.540. The average molecular weight is 568 g/mol. The molecule has 0 aliphatic carbocycles. The van der Waals surface area contributed by atoms with E-state index in [9.17, 15) is 4.79 Å². The van der Waals surface area contributed by atoms with Crippen molar-refractivity contribution in [2.45, 2.75) is 39.4 Å². The number of amides is 1. The number of hydrogen-bond acceptors (Lipinski definition) is 6. The minimum Gasteiger partial charge on any atom is -0.478 e. The van der Waals surface area contributed by atoms with Crippen LogP contribution >= 0.6 is 0 Å². The average Bonchev–Trinajstić information content (AvgIpc) is 3.04. The lowest BCUT2D eigenvalue weighted by Gasteiger charge is -2.43. The lowest BCUT2D eigenvalue weighted by atomic mass is 9.95. The summed E-state index contributed by atoms with van der Waals surface area (Å²) in [7, 11) is 0. The molecular formula is C34H38FN5O2. The molecule has 1 aliphatic rings. The summed E-state index contributed by atoms with van der Waals surface area (Å²) >= 11 is 0. The zero-order valence-corrected chi connectivity index (χ0v) is 24.2. The van der Waals surface area contributed by atoms with E-state index in [-0.39, 0.29) is 24.1 Å². The lowest BCUT2D eigenvalue weighted by Crippen LogP contribution is -2.55. The highest BCUT2D eigenvalue weighted by Crippen LogP contribution is 2.35. The number of piperazine rings is 1. The predicted octanol–water partition coefficient (Wildman–Crippen LogP) is 5.61. The first-order chi connectivity index (χ1) is 20.5. The van der Waals surface area contributed by atoms with Crippen LogP contribution in [0.2, 0.25) is 0 Å². The van der Waals surface area contributed by atoms with Gasteiger partial charge in [0.25, 0.3) is 5.91 Å². The number of anilines is 1. The summed E-state index contributed by atoms with van der Waals surface area (Å²) in [6.07, 6.45) is 2.53. The van der Waals surface area contributed by atoms with Crippen LogP contribution in [0.4, 0.5) is 10.1 Å². The van der Waals surface area contributed by atoms with Gasteiger partial charge in [-0.05, 0) is 59.9 Å². The van der Waals surface area contributed by atoms with Gasteiger partial charge in [-0.2, -0.15) is 0 Å². The summed E-state index contributed by atoms with van der Waals surface area (Å²) < 4.78 is 21.5. The van der Waals surface area contributed by atoms with Crippen molar-refractivity contribution in [1.82, 2.24) is 9.88 Å². The molecule has 1 fully saturated rings. The highest BCUT2D eigenvalue weighted by Gasteiger charge is 2.33. The maximum absolute atomic E-state index is 15.7. The summed E-state index contributed by atoms with van der Waals surface area (Å²) in [5.41, 5.74) is 17.8. The molecule has 1 aliphatic heterocycles. The summed E-state index contributed by atoms with van der Waals surface area (Å²) in [5.74, 6) is -0.258. The van der Waals surface area contributed by atoms with Crippen molar-refractivity contribution < 1.29 is 13.9 Å². The maximum atomic E-state index is 15.7. The van der Waals surface area contributed by atoms with E-state index in [0.717, 1.165) is 34.4 Å². The van der Waals surface area contributed by atoms with Gasteiger partial charge in [-0.1, -0.05) is 55.5 Å². The van der Waals surface area contributed by atoms with Crippen molar-refractivity contribution in [3.05, 3.63) is 102 Å². The molecule has 3 aromatic carbocycles. The second-order valence-corrected chi connectivity index (χ2v) is 10.4. The Morgan fingerprint density at radius 3 is 2.43 bits per heavy atom. The van der Waals surface area contributed by atoms with Gasteiger partial charge in [-0.15, -0.1) is 0 Å².